The molecule has 0 aliphatic carbocycles. The first-order valence-electron chi connectivity index (χ1n) is 9.58. The van der Waals surface area contributed by atoms with Gasteiger partial charge in [0.2, 0.25) is 0 Å². The first-order chi connectivity index (χ1) is 14.2. The SMILES string of the molecule is CN=C(NCc1ccnc2ccccc12)N(C)Cc1ncc(-c2ccccc2)[nH]1. The van der Waals surface area contributed by atoms with Crippen LogP contribution in [0.2, 0.25) is 0 Å². The first kappa shape index (κ1) is 18.7. The predicted octanol–water partition coefficient (Wildman–Crippen LogP) is 3.83. The summed E-state index contributed by atoms with van der Waals surface area (Å²) in [5.41, 5.74) is 4.33. The van der Waals surface area contributed by atoms with Gasteiger partial charge < -0.3 is 15.2 Å². The van der Waals surface area contributed by atoms with E-state index in [1.54, 1.807) is 7.05 Å². The van der Waals surface area contributed by atoms with Gasteiger partial charge in [0, 0.05) is 32.2 Å². The fraction of sp³-hybridized carbons (Fsp3) is 0.174. The molecule has 0 spiro atoms. The number of aliphatic imine (C=N–C) groups is 1. The number of guanidine groups is 1. The number of hydrogen-bond acceptors (Lipinski definition) is 3. The van der Waals surface area contributed by atoms with Gasteiger partial charge in [-0.1, -0.05) is 48.5 Å². The van der Waals surface area contributed by atoms with Crippen LogP contribution in [0.1, 0.15) is 11.4 Å². The number of nitrogens with zero attached hydrogens (tertiary/aromatic N) is 4. The summed E-state index contributed by atoms with van der Waals surface area (Å²) in [6, 6.07) is 20.4. The normalized spacial score (nSPS) is 11.6. The highest BCUT2D eigenvalue weighted by Gasteiger charge is 2.10. The van der Waals surface area contributed by atoms with E-state index in [1.807, 2.05) is 61.9 Å². The second-order valence-corrected chi connectivity index (χ2v) is 6.85. The molecule has 2 aromatic heterocycles. The van der Waals surface area contributed by atoms with Crippen molar-refractivity contribution in [2.75, 3.05) is 14.1 Å². The number of para-hydroxylation sites is 1. The van der Waals surface area contributed by atoms with Gasteiger partial charge in [-0.3, -0.25) is 9.98 Å². The van der Waals surface area contributed by atoms with Crippen LogP contribution in [0.5, 0.6) is 0 Å². The van der Waals surface area contributed by atoms with Crippen LogP contribution in [0.25, 0.3) is 22.2 Å². The molecule has 4 rings (SSSR count). The Kier molecular flexibility index (Phi) is 5.52. The van der Waals surface area contributed by atoms with E-state index in [0.717, 1.165) is 33.9 Å². The summed E-state index contributed by atoms with van der Waals surface area (Å²) in [5, 5.41) is 4.59. The van der Waals surface area contributed by atoms with E-state index in [0.29, 0.717) is 13.1 Å². The minimum Gasteiger partial charge on any atom is -0.352 e. The summed E-state index contributed by atoms with van der Waals surface area (Å²) in [7, 11) is 3.80. The molecule has 29 heavy (non-hydrogen) atoms. The van der Waals surface area contributed by atoms with Crippen molar-refractivity contribution in [1.29, 1.82) is 0 Å². The lowest BCUT2D eigenvalue weighted by molar-refractivity contribution is 0.464. The summed E-state index contributed by atoms with van der Waals surface area (Å²) < 4.78 is 0. The van der Waals surface area contributed by atoms with Crippen molar-refractivity contribution in [1.82, 2.24) is 25.2 Å². The largest absolute Gasteiger partial charge is 0.352 e. The zero-order valence-electron chi connectivity index (χ0n) is 16.6. The number of hydrogen-bond donors (Lipinski definition) is 2. The molecule has 4 aromatic rings. The van der Waals surface area contributed by atoms with Crippen molar-refractivity contribution in [2.24, 2.45) is 4.99 Å². The third-order valence-electron chi connectivity index (χ3n) is 4.85. The number of nitrogens with one attached hydrogen (secondary N) is 2. The quantitative estimate of drug-likeness (QED) is 0.405. The number of aromatic amines is 1. The van der Waals surface area contributed by atoms with Gasteiger partial charge in [0.25, 0.3) is 0 Å². The Bertz CT molecular complexity index is 1110. The van der Waals surface area contributed by atoms with Crippen LogP contribution in [-0.4, -0.2) is 39.9 Å². The van der Waals surface area contributed by atoms with E-state index < -0.39 is 0 Å². The second kappa shape index (κ2) is 8.56. The Hall–Kier alpha value is -3.67. The number of pyridine rings is 1. The van der Waals surface area contributed by atoms with Crippen molar-refractivity contribution < 1.29 is 0 Å². The third-order valence-corrected chi connectivity index (χ3v) is 4.85. The fourth-order valence-electron chi connectivity index (χ4n) is 3.38. The molecule has 2 heterocycles. The van der Waals surface area contributed by atoms with Crippen LogP contribution in [0, 0.1) is 0 Å². The van der Waals surface area contributed by atoms with Crippen LogP contribution in [0.3, 0.4) is 0 Å². The molecule has 0 aliphatic heterocycles. The topological polar surface area (TPSA) is 69.2 Å². The molecular formula is C23H24N6. The summed E-state index contributed by atoms with van der Waals surface area (Å²) in [4.78, 5) is 18.8. The number of imidazole rings is 1. The summed E-state index contributed by atoms with van der Waals surface area (Å²) in [5.74, 6) is 1.70. The predicted molar refractivity (Wildman–Crippen MR) is 117 cm³/mol. The van der Waals surface area contributed by atoms with E-state index in [1.165, 1.54) is 5.56 Å². The minimum absolute atomic E-state index is 0.629. The van der Waals surface area contributed by atoms with Gasteiger partial charge in [0.05, 0.1) is 24.0 Å². The smallest absolute Gasteiger partial charge is 0.194 e. The molecule has 2 N–H and O–H groups in total. The third kappa shape index (κ3) is 4.27. The van der Waals surface area contributed by atoms with Gasteiger partial charge in [0.15, 0.2) is 5.96 Å². The van der Waals surface area contributed by atoms with Crippen molar-refractivity contribution >= 4 is 16.9 Å². The summed E-state index contributed by atoms with van der Waals surface area (Å²) in [6.45, 7) is 1.30. The zero-order chi connectivity index (χ0) is 20.1. The van der Waals surface area contributed by atoms with E-state index in [-0.39, 0.29) is 0 Å². The standard InChI is InChI=1S/C23H24N6/c1-24-23(27-14-18-12-13-25-20-11-7-6-10-19(18)20)29(2)16-22-26-15-21(28-22)17-8-4-3-5-9-17/h3-13,15H,14,16H2,1-2H3,(H,24,27)(H,26,28). The van der Waals surface area contributed by atoms with Crippen molar-refractivity contribution in [3.8, 4) is 11.3 Å². The van der Waals surface area contributed by atoms with Crippen LogP contribution in [0.4, 0.5) is 0 Å². The Morgan fingerprint density at radius 2 is 1.83 bits per heavy atom. The molecule has 0 bridgehead atoms. The highest BCUT2D eigenvalue weighted by molar-refractivity contribution is 5.83. The maximum absolute atomic E-state index is 4.52. The van der Waals surface area contributed by atoms with Gasteiger partial charge in [-0.25, -0.2) is 4.98 Å². The van der Waals surface area contributed by atoms with Crippen LogP contribution >= 0.6 is 0 Å². The Morgan fingerprint density at radius 3 is 2.66 bits per heavy atom. The molecule has 6 nitrogen and oxygen atoms in total. The summed E-state index contributed by atoms with van der Waals surface area (Å²) in [6.07, 6.45) is 3.72. The molecule has 0 saturated carbocycles. The molecule has 0 atom stereocenters. The number of rotatable bonds is 5. The Labute approximate surface area is 170 Å². The molecule has 0 aliphatic rings. The van der Waals surface area contributed by atoms with Crippen molar-refractivity contribution in [2.45, 2.75) is 13.1 Å². The lowest BCUT2D eigenvalue weighted by atomic mass is 10.1. The molecule has 0 saturated heterocycles. The molecule has 6 heteroatoms. The van der Waals surface area contributed by atoms with Crippen LogP contribution in [0.15, 0.2) is 78.0 Å². The first-order valence-corrected chi connectivity index (χ1v) is 9.58. The lowest BCUT2D eigenvalue weighted by Crippen LogP contribution is -2.38. The number of H-pyrrole nitrogens is 1. The fourth-order valence-corrected chi connectivity index (χ4v) is 3.38. The van der Waals surface area contributed by atoms with Crippen LogP contribution in [-0.2, 0) is 13.1 Å². The van der Waals surface area contributed by atoms with Gasteiger partial charge in [-0.15, -0.1) is 0 Å². The molecule has 0 unspecified atom stereocenters. The van der Waals surface area contributed by atoms with Crippen molar-refractivity contribution in [3.05, 3.63) is 84.4 Å². The molecule has 0 fully saturated rings. The number of benzene rings is 2. The monoisotopic (exact) mass is 384 g/mol. The van der Waals surface area contributed by atoms with E-state index in [9.17, 15) is 0 Å². The molecule has 146 valence electrons. The number of fused-ring (bicyclic) bond motifs is 1. The second-order valence-electron chi connectivity index (χ2n) is 6.85. The van der Waals surface area contributed by atoms with Gasteiger partial charge in [-0.2, -0.15) is 0 Å². The molecule has 0 amide bonds. The maximum atomic E-state index is 4.52. The zero-order valence-corrected chi connectivity index (χ0v) is 16.6. The summed E-state index contributed by atoms with van der Waals surface area (Å²) >= 11 is 0. The van der Waals surface area contributed by atoms with Gasteiger partial charge in [-0.05, 0) is 23.3 Å². The van der Waals surface area contributed by atoms with E-state index in [2.05, 4.69) is 48.4 Å². The van der Waals surface area contributed by atoms with E-state index in [4.69, 9.17) is 0 Å². The Balaban J connectivity index is 1.42. The maximum Gasteiger partial charge on any atom is 0.194 e. The molecule has 2 aromatic carbocycles. The number of aromatic nitrogens is 3. The van der Waals surface area contributed by atoms with Crippen LogP contribution < -0.4 is 5.32 Å². The highest BCUT2D eigenvalue weighted by Crippen LogP contribution is 2.17. The minimum atomic E-state index is 0.629. The Morgan fingerprint density at radius 1 is 1.03 bits per heavy atom. The van der Waals surface area contributed by atoms with Gasteiger partial charge >= 0.3 is 0 Å². The van der Waals surface area contributed by atoms with Crippen molar-refractivity contribution in [3.63, 3.8) is 0 Å². The average Bonchev–Trinajstić information content (AvgIpc) is 3.23. The lowest BCUT2D eigenvalue weighted by Gasteiger charge is -2.21. The molecule has 0 radical (unpaired) electrons. The molecular weight excluding hydrogens is 360 g/mol. The van der Waals surface area contributed by atoms with E-state index >= 15 is 0 Å². The highest BCUT2D eigenvalue weighted by atomic mass is 15.3. The van der Waals surface area contributed by atoms with Gasteiger partial charge in [0.1, 0.15) is 5.82 Å². The average molecular weight is 384 g/mol.